The fourth-order valence-corrected chi connectivity index (χ4v) is 2.12. The highest BCUT2D eigenvalue weighted by molar-refractivity contribution is 5.29. The average Bonchev–Trinajstić information content (AvgIpc) is 2.82. The van der Waals surface area contributed by atoms with E-state index < -0.39 is 0 Å². The maximum absolute atomic E-state index is 4.14. The molecular formula is C14H20N4. The Morgan fingerprint density at radius 2 is 2.00 bits per heavy atom. The second-order valence-corrected chi connectivity index (χ2v) is 4.51. The van der Waals surface area contributed by atoms with Crippen LogP contribution < -0.4 is 5.32 Å². The Labute approximate surface area is 108 Å². The molecule has 2 aromatic rings. The average molecular weight is 244 g/mol. The molecule has 0 saturated carbocycles. The van der Waals surface area contributed by atoms with E-state index in [1.54, 1.807) is 0 Å². The van der Waals surface area contributed by atoms with Gasteiger partial charge in [-0.25, -0.2) is 4.68 Å². The van der Waals surface area contributed by atoms with Gasteiger partial charge in [-0.1, -0.05) is 42.0 Å². The molecule has 1 N–H and O–H groups in total. The van der Waals surface area contributed by atoms with Crippen LogP contribution in [0.5, 0.6) is 0 Å². The molecule has 1 atom stereocenters. The molecular weight excluding hydrogens is 224 g/mol. The lowest BCUT2D eigenvalue weighted by molar-refractivity contribution is 0.523. The fourth-order valence-electron chi connectivity index (χ4n) is 2.12. The van der Waals surface area contributed by atoms with Crippen LogP contribution in [0, 0.1) is 6.92 Å². The van der Waals surface area contributed by atoms with Crippen LogP contribution >= 0.6 is 0 Å². The van der Waals surface area contributed by atoms with Gasteiger partial charge in [0.2, 0.25) is 0 Å². The molecule has 4 heteroatoms. The van der Waals surface area contributed by atoms with Gasteiger partial charge in [0, 0.05) is 6.54 Å². The van der Waals surface area contributed by atoms with E-state index in [1.165, 1.54) is 11.1 Å². The SMILES string of the molecule is CCCn1nncc1C(NC)c1ccc(C)cc1. The first-order chi connectivity index (χ1) is 8.76. The van der Waals surface area contributed by atoms with Gasteiger partial charge in [0.25, 0.3) is 0 Å². The van der Waals surface area contributed by atoms with Crippen molar-refractivity contribution < 1.29 is 0 Å². The highest BCUT2D eigenvalue weighted by atomic mass is 15.4. The monoisotopic (exact) mass is 244 g/mol. The zero-order valence-corrected chi connectivity index (χ0v) is 11.2. The number of nitrogens with zero attached hydrogens (tertiary/aromatic N) is 3. The van der Waals surface area contributed by atoms with Crippen LogP contribution in [0.3, 0.4) is 0 Å². The molecule has 0 aliphatic heterocycles. The van der Waals surface area contributed by atoms with Crippen LogP contribution in [0.25, 0.3) is 0 Å². The molecule has 96 valence electrons. The summed E-state index contributed by atoms with van der Waals surface area (Å²) in [6, 6.07) is 8.72. The number of rotatable bonds is 5. The number of aromatic nitrogens is 3. The molecule has 0 fully saturated rings. The lowest BCUT2D eigenvalue weighted by atomic mass is 10.0. The second-order valence-electron chi connectivity index (χ2n) is 4.51. The number of aryl methyl sites for hydroxylation is 2. The van der Waals surface area contributed by atoms with E-state index in [9.17, 15) is 0 Å². The summed E-state index contributed by atoms with van der Waals surface area (Å²) in [6.45, 7) is 5.14. The smallest absolute Gasteiger partial charge is 0.0801 e. The van der Waals surface area contributed by atoms with Crippen molar-refractivity contribution in [1.29, 1.82) is 0 Å². The number of benzene rings is 1. The maximum atomic E-state index is 4.14. The molecule has 0 aliphatic rings. The largest absolute Gasteiger partial charge is 0.308 e. The van der Waals surface area contributed by atoms with Crippen molar-refractivity contribution in [3.8, 4) is 0 Å². The predicted octanol–water partition coefficient (Wildman–Crippen LogP) is 2.31. The third-order valence-corrected chi connectivity index (χ3v) is 3.08. The van der Waals surface area contributed by atoms with Crippen molar-refractivity contribution in [2.45, 2.75) is 32.9 Å². The zero-order valence-electron chi connectivity index (χ0n) is 11.2. The Bertz CT molecular complexity index is 487. The van der Waals surface area contributed by atoms with Gasteiger partial charge in [0.05, 0.1) is 17.9 Å². The fraction of sp³-hybridized carbons (Fsp3) is 0.429. The number of nitrogens with one attached hydrogen (secondary N) is 1. The molecule has 0 saturated heterocycles. The Hall–Kier alpha value is -1.68. The van der Waals surface area contributed by atoms with E-state index in [0.29, 0.717) is 0 Å². The van der Waals surface area contributed by atoms with Crippen molar-refractivity contribution in [3.05, 3.63) is 47.3 Å². The molecule has 2 rings (SSSR count). The summed E-state index contributed by atoms with van der Waals surface area (Å²) in [5.41, 5.74) is 3.62. The lowest BCUT2D eigenvalue weighted by Crippen LogP contribution is -2.21. The lowest BCUT2D eigenvalue weighted by Gasteiger charge is -2.17. The molecule has 0 spiro atoms. The third-order valence-electron chi connectivity index (χ3n) is 3.08. The third kappa shape index (κ3) is 2.59. The van der Waals surface area contributed by atoms with Gasteiger partial charge in [-0.2, -0.15) is 0 Å². The maximum Gasteiger partial charge on any atom is 0.0801 e. The van der Waals surface area contributed by atoms with Crippen LogP contribution in [0.2, 0.25) is 0 Å². The normalized spacial score (nSPS) is 12.6. The molecule has 0 radical (unpaired) electrons. The van der Waals surface area contributed by atoms with Gasteiger partial charge < -0.3 is 5.32 Å². The molecule has 1 unspecified atom stereocenters. The molecule has 1 heterocycles. The summed E-state index contributed by atoms with van der Waals surface area (Å²) in [7, 11) is 1.97. The molecule has 1 aromatic heterocycles. The number of hydrogen-bond donors (Lipinski definition) is 1. The first-order valence-electron chi connectivity index (χ1n) is 6.38. The highest BCUT2D eigenvalue weighted by Crippen LogP contribution is 2.21. The second kappa shape index (κ2) is 5.78. The van der Waals surface area contributed by atoms with E-state index in [2.05, 4.69) is 53.7 Å². The van der Waals surface area contributed by atoms with Gasteiger partial charge in [0.15, 0.2) is 0 Å². The molecule has 0 bridgehead atoms. The van der Waals surface area contributed by atoms with Crippen LogP contribution in [0.4, 0.5) is 0 Å². The van der Waals surface area contributed by atoms with Crippen molar-refractivity contribution in [2.24, 2.45) is 0 Å². The summed E-state index contributed by atoms with van der Waals surface area (Å²) in [5.74, 6) is 0. The van der Waals surface area contributed by atoms with E-state index >= 15 is 0 Å². The quantitative estimate of drug-likeness (QED) is 0.877. The minimum Gasteiger partial charge on any atom is -0.308 e. The van der Waals surface area contributed by atoms with E-state index in [-0.39, 0.29) is 6.04 Å². The van der Waals surface area contributed by atoms with E-state index in [4.69, 9.17) is 0 Å². The first-order valence-corrected chi connectivity index (χ1v) is 6.38. The minimum absolute atomic E-state index is 0.146. The van der Waals surface area contributed by atoms with E-state index in [1.807, 2.05) is 17.9 Å². The molecule has 18 heavy (non-hydrogen) atoms. The molecule has 4 nitrogen and oxygen atoms in total. The van der Waals surface area contributed by atoms with Gasteiger partial charge >= 0.3 is 0 Å². The minimum atomic E-state index is 0.146. The van der Waals surface area contributed by atoms with Gasteiger partial charge in [-0.3, -0.25) is 0 Å². The van der Waals surface area contributed by atoms with Crippen LogP contribution in [0.15, 0.2) is 30.5 Å². The Balaban J connectivity index is 2.32. The van der Waals surface area contributed by atoms with Gasteiger partial charge in [-0.05, 0) is 26.0 Å². The van der Waals surface area contributed by atoms with Crippen LogP contribution in [0.1, 0.15) is 36.2 Å². The first kappa shape index (κ1) is 12.8. The van der Waals surface area contributed by atoms with Crippen molar-refractivity contribution in [2.75, 3.05) is 7.05 Å². The topological polar surface area (TPSA) is 42.7 Å². The van der Waals surface area contributed by atoms with Gasteiger partial charge in [-0.15, -0.1) is 5.10 Å². The predicted molar refractivity (Wildman–Crippen MR) is 72.4 cm³/mol. The summed E-state index contributed by atoms with van der Waals surface area (Å²) >= 11 is 0. The Morgan fingerprint density at radius 3 is 2.61 bits per heavy atom. The molecule has 1 aromatic carbocycles. The van der Waals surface area contributed by atoms with E-state index in [0.717, 1.165) is 18.7 Å². The Morgan fingerprint density at radius 1 is 1.28 bits per heavy atom. The number of hydrogen-bond acceptors (Lipinski definition) is 3. The zero-order chi connectivity index (χ0) is 13.0. The summed E-state index contributed by atoms with van der Waals surface area (Å²) in [5, 5.41) is 11.5. The molecule has 0 amide bonds. The van der Waals surface area contributed by atoms with Crippen molar-refractivity contribution in [3.63, 3.8) is 0 Å². The van der Waals surface area contributed by atoms with Crippen LogP contribution in [-0.2, 0) is 6.54 Å². The summed E-state index contributed by atoms with van der Waals surface area (Å²) in [4.78, 5) is 0. The Kier molecular flexibility index (Phi) is 4.10. The molecule has 0 aliphatic carbocycles. The highest BCUT2D eigenvalue weighted by Gasteiger charge is 2.16. The van der Waals surface area contributed by atoms with Crippen molar-refractivity contribution in [1.82, 2.24) is 20.3 Å². The van der Waals surface area contributed by atoms with Crippen molar-refractivity contribution >= 4 is 0 Å². The van der Waals surface area contributed by atoms with Crippen LogP contribution in [-0.4, -0.2) is 22.0 Å². The summed E-state index contributed by atoms with van der Waals surface area (Å²) in [6.07, 6.45) is 2.90. The summed E-state index contributed by atoms with van der Waals surface area (Å²) < 4.78 is 1.97. The van der Waals surface area contributed by atoms with Gasteiger partial charge in [0.1, 0.15) is 0 Å². The standard InChI is InChI=1S/C14H20N4/c1-4-9-18-13(10-16-17-18)14(15-3)12-7-5-11(2)6-8-12/h5-8,10,14-15H,4,9H2,1-3H3.